The second-order valence-electron chi connectivity index (χ2n) is 7.55. The van der Waals surface area contributed by atoms with Gasteiger partial charge in [0.2, 0.25) is 11.8 Å². The van der Waals surface area contributed by atoms with Crippen LogP contribution in [0.25, 0.3) is 0 Å². The lowest BCUT2D eigenvalue weighted by Crippen LogP contribution is -2.51. The first-order valence-corrected chi connectivity index (χ1v) is 10.9. The molecule has 5 heteroatoms. The van der Waals surface area contributed by atoms with E-state index in [-0.39, 0.29) is 18.2 Å². The Labute approximate surface area is 194 Å². The van der Waals surface area contributed by atoms with E-state index in [1.807, 2.05) is 72.8 Å². The van der Waals surface area contributed by atoms with Crippen molar-refractivity contribution in [1.82, 2.24) is 10.2 Å². The van der Waals surface area contributed by atoms with E-state index >= 15 is 0 Å². The van der Waals surface area contributed by atoms with E-state index in [0.29, 0.717) is 24.5 Å². The van der Waals surface area contributed by atoms with Crippen molar-refractivity contribution in [2.75, 3.05) is 6.54 Å². The van der Waals surface area contributed by atoms with Gasteiger partial charge < -0.3 is 10.2 Å². The largest absolute Gasteiger partial charge is 0.351 e. The number of nitrogens with zero attached hydrogens (tertiary/aromatic N) is 1. The van der Waals surface area contributed by atoms with Crippen LogP contribution in [0.5, 0.6) is 0 Å². The Balaban J connectivity index is 1.93. The highest BCUT2D eigenvalue weighted by molar-refractivity contribution is 6.30. The van der Waals surface area contributed by atoms with E-state index in [1.54, 1.807) is 23.1 Å². The minimum atomic E-state index is -0.663. The van der Waals surface area contributed by atoms with E-state index in [9.17, 15) is 9.59 Å². The second kappa shape index (κ2) is 11.9. The van der Waals surface area contributed by atoms with Gasteiger partial charge >= 0.3 is 0 Å². The van der Waals surface area contributed by atoms with E-state index < -0.39 is 6.04 Å². The molecule has 4 nitrogen and oxygen atoms in total. The first-order valence-electron chi connectivity index (χ1n) is 10.6. The molecular weight excluding hydrogens is 420 g/mol. The van der Waals surface area contributed by atoms with Crippen LogP contribution in [0.1, 0.15) is 16.7 Å². The summed E-state index contributed by atoms with van der Waals surface area (Å²) in [6.45, 7) is 4.33. The fourth-order valence-electron chi connectivity index (χ4n) is 3.50. The van der Waals surface area contributed by atoms with Crippen molar-refractivity contribution in [1.29, 1.82) is 0 Å². The van der Waals surface area contributed by atoms with Crippen molar-refractivity contribution in [3.63, 3.8) is 0 Å². The zero-order valence-corrected chi connectivity index (χ0v) is 18.7. The lowest BCUT2D eigenvalue weighted by atomic mass is 10.0. The van der Waals surface area contributed by atoms with Crippen LogP contribution >= 0.6 is 11.6 Å². The molecule has 0 aliphatic heterocycles. The maximum atomic E-state index is 13.5. The van der Waals surface area contributed by atoms with Gasteiger partial charge in [-0.15, -0.1) is 6.58 Å². The van der Waals surface area contributed by atoms with Gasteiger partial charge in [-0.05, 0) is 28.8 Å². The molecule has 0 saturated heterocycles. The predicted octanol–water partition coefficient (Wildman–Crippen LogP) is 4.82. The molecule has 3 rings (SSSR count). The van der Waals surface area contributed by atoms with Crippen LogP contribution in [0.3, 0.4) is 0 Å². The maximum absolute atomic E-state index is 13.5. The zero-order chi connectivity index (χ0) is 22.8. The van der Waals surface area contributed by atoms with Crippen LogP contribution < -0.4 is 5.32 Å². The molecule has 0 heterocycles. The van der Waals surface area contributed by atoms with Crippen LogP contribution in [0.15, 0.2) is 97.6 Å². The smallest absolute Gasteiger partial charge is 0.243 e. The summed E-state index contributed by atoms with van der Waals surface area (Å²) < 4.78 is 0. The van der Waals surface area contributed by atoms with Gasteiger partial charge in [0.15, 0.2) is 0 Å². The summed E-state index contributed by atoms with van der Waals surface area (Å²) in [7, 11) is 0. The normalized spacial score (nSPS) is 11.4. The monoisotopic (exact) mass is 446 g/mol. The van der Waals surface area contributed by atoms with Crippen LogP contribution in [0.2, 0.25) is 5.02 Å². The third kappa shape index (κ3) is 6.82. The van der Waals surface area contributed by atoms with Crippen molar-refractivity contribution < 1.29 is 9.59 Å². The highest BCUT2D eigenvalue weighted by atomic mass is 35.5. The Kier molecular flexibility index (Phi) is 8.64. The molecular formula is C27H27ClN2O2. The first-order chi connectivity index (χ1) is 15.6. The maximum Gasteiger partial charge on any atom is 0.243 e. The molecule has 0 aromatic heterocycles. The average Bonchev–Trinajstić information content (AvgIpc) is 2.82. The molecule has 0 aliphatic rings. The first kappa shape index (κ1) is 23.3. The van der Waals surface area contributed by atoms with Gasteiger partial charge in [0.05, 0.1) is 6.42 Å². The number of hydrogen-bond acceptors (Lipinski definition) is 2. The molecule has 0 unspecified atom stereocenters. The van der Waals surface area contributed by atoms with Gasteiger partial charge in [0.25, 0.3) is 0 Å². The minimum Gasteiger partial charge on any atom is -0.351 e. The molecule has 3 aromatic rings. The molecule has 0 saturated carbocycles. The fourth-order valence-corrected chi connectivity index (χ4v) is 3.63. The standard InChI is InChI=1S/C27H27ClN2O2/c1-2-17-29-27(32)25(18-21-9-5-3-6-10-21)30(20-23-13-15-24(28)16-14-23)26(31)19-22-11-7-4-8-12-22/h2-16,25H,1,17-20H2,(H,29,32)/t25-/m1/s1. The van der Waals surface area contributed by atoms with Crippen LogP contribution in [-0.4, -0.2) is 29.3 Å². The summed E-state index contributed by atoms with van der Waals surface area (Å²) in [6, 6.07) is 26.0. The Morgan fingerprint density at radius 3 is 2.06 bits per heavy atom. The predicted molar refractivity (Wildman–Crippen MR) is 129 cm³/mol. The van der Waals surface area contributed by atoms with Crippen LogP contribution in [0.4, 0.5) is 0 Å². The number of hydrogen-bond donors (Lipinski definition) is 1. The number of carbonyl (C=O) groups is 2. The molecule has 0 bridgehead atoms. The van der Waals surface area contributed by atoms with Crippen molar-refractivity contribution in [2.45, 2.75) is 25.4 Å². The molecule has 0 radical (unpaired) electrons. The van der Waals surface area contributed by atoms with Gasteiger partial charge in [-0.3, -0.25) is 9.59 Å². The molecule has 1 N–H and O–H groups in total. The summed E-state index contributed by atoms with van der Waals surface area (Å²) in [6.07, 6.45) is 2.26. The fraction of sp³-hybridized carbons (Fsp3) is 0.185. The lowest BCUT2D eigenvalue weighted by Gasteiger charge is -2.31. The van der Waals surface area contributed by atoms with Crippen molar-refractivity contribution in [2.24, 2.45) is 0 Å². The van der Waals surface area contributed by atoms with Gasteiger partial charge in [-0.2, -0.15) is 0 Å². The molecule has 32 heavy (non-hydrogen) atoms. The summed E-state index contributed by atoms with van der Waals surface area (Å²) in [5.41, 5.74) is 2.80. The van der Waals surface area contributed by atoms with Crippen LogP contribution in [-0.2, 0) is 29.0 Å². The number of nitrogens with one attached hydrogen (secondary N) is 1. The number of rotatable bonds is 10. The van der Waals surface area contributed by atoms with Gasteiger partial charge in [-0.1, -0.05) is 90.5 Å². The Hall–Kier alpha value is -3.37. The summed E-state index contributed by atoms with van der Waals surface area (Å²) >= 11 is 6.04. The highest BCUT2D eigenvalue weighted by Gasteiger charge is 2.30. The van der Waals surface area contributed by atoms with Gasteiger partial charge in [-0.25, -0.2) is 0 Å². The molecule has 2 amide bonds. The van der Waals surface area contributed by atoms with E-state index in [2.05, 4.69) is 11.9 Å². The van der Waals surface area contributed by atoms with E-state index in [0.717, 1.165) is 16.7 Å². The topological polar surface area (TPSA) is 49.4 Å². The highest BCUT2D eigenvalue weighted by Crippen LogP contribution is 2.18. The third-order valence-corrected chi connectivity index (χ3v) is 5.41. The Morgan fingerprint density at radius 2 is 1.47 bits per heavy atom. The quantitative estimate of drug-likeness (QED) is 0.454. The van der Waals surface area contributed by atoms with Crippen molar-refractivity contribution in [3.8, 4) is 0 Å². The molecule has 0 aliphatic carbocycles. The number of amides is 2. The van der Waals surface area contributed by atoms with Crippen LogP contribution in [0, 0.1) is 0 Å². The summed E-state index contributed by atoms with van der Waals surface area (Å²) in [5, 5.41) is 3.50. The minimum absolute atomic E-state index is 0.110. The molecule has 1 atom stereocenters. The van der Waals surface area contributed by atoms with Crippen molar-refractivity contribution >= 4 is 23.4 Å². The zero-order valence-electron chi connectivity index (χ0n) is 17.9. The SMILES string of the molecule is C=CCNC(=O)[C@@H](Cc1ccccc1)N(Cc1ccc(Cl)cc1)C(=O)Cc1ccccc1. The Morgan fingerprint density at radius 1 is 0.875 bits per heavy atom. The van der Waals surface area contributed by atoms with Gasteiger partial charge in [0.1, 0.15) is 6.04 Å². The van der Waals surface area contributed by atoms with E-state index in [4.69, 9.17) is 11.6 Å². The number of halogens is 1. The number of benzene rings is 3. The molecule has 0 spiro atoms. The average molecular weight is 447 g/mol. The van der Waals surface area contributed by atoms with Crippen molar-refractivity contribution in [3.05, 3.63) is 119 Å². The second-order valence-corrected chi connectivity index (χ2v) is 7.99. The third-order valence-electron chi connectivity index (χ3n) is 5.16. The lowest BCUT2D eigenvalue weighted by molar-refractivity contribution is -0.140. The molecule has 0 fully saturated rings. The molecule has 3 aromatic carbocycles. The molecule has 164 valence electrons. The van der Waals surface area contributed by atoms with E-state index in [1.165, 1.54) is 0 Å². The number of carbonyl (C=O) groups excluding carboxylic acids is 2. The van der Waals surface area contributed by atoms with Gasteiger partial charge in [0, 0.05) is 24.5 Å². The summed E-state index contributed by atoms with van der Waals surface area (Å²) in [4.78, 5) is 28.3. The Bertz CT molecular complexity index is 1020. The summed E-state index contributed by atoms with van der Waals surface area (Å²) in [5.74, 6) is -0.315.